The molecule has 0 fully saturated rings. The third-order valence-corrected chi connectivity index (χ3v) is 2.94. The third-order valence-electron chi connectivity index (χ3n) is 2.20. The minimum Gasteiger partial charge on any atom is -0.319 e. The van der Waals surface area contributed by atoms with Crippen LogP contribution in [0.3, 0.4) is 0 Å². The van der Waals surface area contributed by atoms with Crippen LogP contribution in [0.15, 0.2) is 36.8 Å². The Hall–Kier alpha value is -1.16. The summed E-state index contributed by atoms with van der Waals surface area (Å²) in [5.74, 6) is 0. The maximum absolute atomic E-state index is 6.03. The summed E-state index contributed by atoms with van der Waals surface area (Å²) in [5.41, 5.74) is 7.58. The van der Waals surface area contributed by atoms with E-state index in [1.807, 2.05) is 6.07 Å². The first kappa shape index (κ1) is 11.3. The number of benzene rings is 1. The van der Waals surface area contributed by atoms with E-state index in [2.05, 4.69) is 9.97 Å². The molecule has 5 heteroatoms. The fourth-order valence-corrected chi connectivity index (χ4v) is 1.65. The van der Waals surface area contributed by atoms with Crippen molar-refractivity contribution >= 4 is 23.2 Å². The molecule has 1 aromatic carbocycles. The van der Waals surface area contributed by atoms with Gasteiger partial charge in [-0.25, -0.2) is 0 Å². The highest BCUT2D eigenvalue weighted by Gasteiger charge is 2.11. The molecule has 1 heterocycles. The Labute approximate surface area is 103 Å². The number of halogens is 2. The first-order chi connectivity index (χ1) is 7.68. The van der Waals surface area contributed by atoms with Crippen LogP contribution in [0.25, 0.3) is 0 Å². The first-order valence-corrected chi connectivity index (χ1v) is 5.40. The summed E-state index contributed by atoms with van der Waals surface area (Å²) >= 11 is 11.8. The highest BCUT2D eigenvalue weighted by Crippen LogP contribution is 2.26. The smallest absolute Gasteiger partial charge is 0.0799 e. The van der Waals surface area contributed by atoms with Gasteiger partial charge in [0.25, 0.3) is 0 Å². The van der Waals surface area contributed by atoms with Gasteiger partial charge in [-0.15, -0.1) is 0 Å². The lowest BCUT2D eigenvalue weighted by Crippen LogP contribution is -2.13. The van der Waals surface area contributed by atoms with Crippen molar-refractivity contribution in [3.8, 4) is 0 Å². The number of rotatable bonds is 2. The van der Waals surface area contributed by atoms with Gasteiger partial charge in [-0.2, -0.15) is 0 Å². The molecule has 0 aliphatic rings. The van der Waals surface area contributed by atoms with Crippen molar-refractivity contribution < 1.29 is 0 Å². The Morgan fingerprint density at radius 1 is 1.12 bits per heavy atom. The monoisotopic (exact) mass is 253 g/mol. The maximum Gasteiger partial charge on any atom is 0.0799 e. The summed E-state index contributed by atoms with van der Waals surface area (Å²) in [7, 11) is 0. The van der Waals surface area contributed by atoms with Crippen LogP contribution in [0, 0.1) is 0 Å². The summed E-state index contributed by atoms with van der Waals surface area (Å²) < 4.78 is 0. The second kappa shape index (κ2) is 4.78. The van der Waals surface area contributed by atoms with Crippen molar-refractivity contribution in [3.63, 3.8) is 0 Å². The molecule has 2 rings (SSSR count). The van der Waals surface area contributed by atoms with Gasteiger partial charge in [0.15, 0.2) is 0 Å². The second-order valence-corrected chi connectivity index (χ2v) is 4.10. The highest BCUT2D eigenvalue weighted by atomic mass is 35.5. The standard InChI is InChI=1S/C11H9Cl2N3/c12-8-2-1-7(5-9(8)13)11(14)10-6-15-3-4-16-10/h1-6,11H,14H2. The normalized spacial score (nSPS) is 12.4. The molecule has 0 spiro atoms. The molecule has 1 atom stereocenters. The number of nitrogens with zero attached hydrogens (tertiary/aromatic N) is 2. The van der Waals surface area contributed by atoms with E-state index in [4.69, 9.17) is 28.9 Å². The lowest BCUT2D eigenvalue weighted by Gasteiger charge is -2.11. The molecule has 2 aromatic rings. The zero-order valence-corrected chi connectivity index (χ0v) is 9.78. The molecule has 1 unspecified atom stereocenters. The van der Waals surface area contributed by atoms with E-state index in [0.29, 0.717) is 15.7 Å². The van der Waals surface area contributed by atoms with Crippen molar-refractivity contribution in [2.75, 3.05) is 0 Å². The Kier molecular flexibility index (Phi) is 3.39. The van der Waals surface area contributed by atoms with E-state index in [-0.39, 0.29) is 6.04 Å². The summed E-state index contributed by atoms with van der Waals surface area (Å²) in [6.45, 7) is 0. The van der Waals surface area contributed by atoms with Gasteiger partial charge in [0.2, 0.25) is 0 Å². The van der Waals surface area contributed by atoms with Gasteiger partial charge in [-0.05, 0) is 17.7 Å². The molecule has 0 aliphatic carbocycles. The van der Waals surface area contributed by atoms with E-state index in [1.165, 1.54) is 0 Å². The number of nitrogens with two attached hydrogens (primary N) is 1. The van der Waals surface area contributed by atoms with Crippen molar-refractivity contribution in [1.29, 1.82) is 0 Å². The maximum atomic E-state index is 6.03. The van der Waals surface area contributed by atoms with Gasteiger partial charge >= 0.3 is 0 Å². The molecule has 1 aromatic heterocycles. The van der Waals surface area contributed by atoms with Gasteiger partial charge < -0.3 is 5.73 Å². The van der Waals surface area contributed by atoms with E-state index < -0.39 is 0 Å². The molecule has 0 saturated carbocycles. The van der Waals surface area contributed by atoms with Crippen molar-refractivity contribution in [2.24, 2.45) is 5.73 Å². The van der Waals surface area contributed by atoms with E-state index in [0.717, 1.165) is 5.56 Å². The van der Waals surface area contributed by atoms with Crippen LogP contribution in [0.4, 0.5) is 0 Å². The second-order valence-electron chi connectivity index (χ2n) is 3.28. The molecule has 0 amide bonds. The number of hydrogen-bond donors (Lipinski definition) is 1. The SMILES string of the molecule is NC(c1ccc(Cl)c(Cl)c1)c1cnccn1. The van der Waals surface area contributed by atoms with Crippen LogP contribution in [0.1, 0.15) is 17.3 Å². The minimum atomic E-state index is -0.344. The number of aromatic nitrogens is 2. The minimum absolute atomic E-state index is 0.344. The topological polar surface area (TPSA) is 51.8 Å². The lowest BCUT2D eigenvalue weighted by atomic mass is 10.1. The summed E-state index contributed by atoms with van der Waals surface area (Å²) in [6.07, 6.45) is 4.84. The van der Waals surface area contributed by atoms with Gasteiger partial charge in [0, 0.05) is 12.4 Å². The molecule has 2 N–H and O–H groups in total. The average Bonchev–Trinajstić information content (AvgIpc) is 2.33. The van der Waals surface area contributed by atoms with Crippen molar-refractivity contribution in [2.45, 2.75) is 6.04 Å². The molecule has 0 radical (unpaired) electrons. The average molecular weight is 254 g/mol. The van der Waals surface area contributed by atoms with Crippen LogP contribution < -0.4 is 5.73 Å². The summed E-state index contributed by atoms with van der Waals surface area (Å²) in [4.78, 5) is 8.11. The molecule has 3 nitrogen and oxygen atoms in total. The Balaban J connectivity index is 2.34. The van der Waals surface area contributed by atoms with Gasteiger partial charge in [-0.3, -0.25) is 9.97 Å². The molecule has 16 heavy (non-hydrogen) atoms. The zero-order chi connectivity index (χ0) is 11.5. The Morgan fingerprint density at radius 3 is 2.56 bits per heavy atom. The van der Waals surface area contributed by atoms with Crippen LogP contribution in [0.2, 0.25) is 10.0 Å². The first-order valence-electron chi connectivity index (χ1n) is 4.65. The molecule has 0 bridgehead atoms. The Bertz CT molecular complexity index is 488. The van der Waals surface area contributed by atoms with E-state index in [9.17, 15) is 0 Å². The van der Waals surface area contributed by atoms with E-state index >= 15 is 0 Å². The van der Waals surface area contributed by atoms with Crippen LogP contribution in [-0.4, -0.2) is 9.97 Å². The van der Waals surface area contributed by atoms with Gasteiger partial charge in [0.1, 0.15) is 0 Å². The van der Waals surface area contributed by atoms with Gasteiger partial charge in [0.05, 0.1) is 28.0 Å². The fraction of sp³-hybridized carbons (Fsp3) is 0.0909. The fourth-order valence-electron chi connectivity index (χ4n) is 1.35. The van der Waals surface area contributed by atoms with Crippen molar-refractivity contribution in [3.05, 3.63) is 58.1 Å². The van der Waals surface area contributed by atoms with Crippen LogP contribution in [-0.2, 0) is 0 Å². The van der Waals surface area contributed by atoms with E-state index in [1.54, 1.807) is 30.7 Å². The zero-order valence-electron chi connectivity index (χ0n) is 8.27. The van der Waals surface area contributed by atoms with Crippen LogP contribution in [0.5, 0.6) is 0 Å². The predicted molar refractivity (Wildman–Crippen MR) is 64.5 cm³/mol. The van der Waals surface area contributed by atoms with Crippen LogP contribution >= 0.6 is 23.2 Å². The van der Waals surface area contributed by atoms with Gasteiger partial charge in [-0.1, -0.05) is 29.3 Å². The lowest BCUT2D eigenvalue weighted by molar-refractivity contribution is 0.818. The quantitative estimate of drug-likeness (QED) is 0.896. The molecule has 0 saturated heterocycles. The predicted octanol–water partition coefficient (Wildman–Crippen LogP) is 2.83. The third kappa shape index (κ3) is 2.32. The highest BCUT2D eigenvalue weighted by molar-refractivity contribution is 6.42. The molecular weight excluding hydrogens is 245 g/mol. The molecule has 0 aliphatic heterocycles. The number of hydrogen-bond acceptors (Lipinski definition) is 3. The summed E-state index contributed by atoms with van der Waals surface area (Å²) in [6, 6.07) is 4.94. The van der Waals surface area contributed by atoms with Crippen molar-refractivity contribution in [1.82, 2.24) is 9.97 Å². The molecular formula is C11H9Cl2N3. The largest absolute Gasteiger partial charge is 0.319 e. The summed E-state index contributed by atoms with van der Waals surface area (Å²) in [5, 5.41) is 0.996. The molecule has 82 valence electrons. The Morgan fingerprint density at radius 2 is 1.94 bits per heavy atom.